The number of hydrogen-bond acceptors (Lipinski definition) is 5. The van der Waals surface area contributed by atoms with E-state index in [2.05, 4.69) is 0 Å². The third kappa shape index (κ3) is 4.09. The molecule has 0 saturated carbocycles. The van der Waals surface area contributed by atoms with E-state index < -0.39 is 28.1 Å². The van der Waals surface area contributed by atoms with E-state index in [4.69, 9.17) is 9.47 Å². The maximum absolute atomic E-state index is 12.5. The van der Waals surface area contributed by atoms with Crippen LogP contribution in [0.5, 0.6) is 11.5 Å². The van der Waals surface area contributed by atoms with E-state index >= 15 is 0 Å². The van der Waals surface area contributed by atoms with E-state index in [0.29, 0.717) is 12.5 Å². The number of nitrogens with zero attached hydrogens (tertiary/aromatic N) is 1. The second kappa shape index (κ2) is 7.10. The number of ether oxygens (including phenoxy) is 2. The van der Waals surface area contributed by atoms with Gasteiger partial charge >= 0.3 is 11.9 Å². The lowest BCUT2D eigenvalue weighted by atomic mass is 10.1. The second-order valence-corrected chi connectivity index (χ2v) is 4.19. The van der Waals surface area contributed by atoms with Crippen molar-refractivity contribution in [3.63, 3.8) is 0 Å². The quantitative estimate of drug-likeness (QED) is 0.436. The van der Waals surface area contributed by atoms with E-state index in [1.165, 1.54) is 0 Å². The van der Waals surface area contributed by atoms with Gasteiger partial charge in [0, 0.05) is 11.6 Å². The van der Waals surface area contributed by atoms with Crippen molar-refractivity contribution < 1.29 is 32.4 Å². The topological polar surface area (TPSA) is 78.7 Å². The molecular formula is C13H14F3NO5. The molecule has 0 aliphatic rings. The number of nitro benzene ring substituents is 1. The van der Waals surface area contributed by atoms with Crippen LogP contribution in [0.15, 0.2) is 12.1 Å². The highest BCUT2D eigenvalue weighted by Gasteiger charge is 2.41. The summed E-state index contributed by atoms with van der Waals surface area (Å²) in [6, 6.07) is 1.35. The number of rotatable bonds is 7. The van der Waals surface area contributed by atoms with Crippen molar-refractivity contribution in [2.24, 2.45) is 0 Å². The zero-order valence-electron chi connectivity index (χ0n) is 11.9. The van der Waals surface area contributed by atoms with Crippen molar-refractivity contribution >= 4 is 11.5 Å². The molecule has 0 amide bonds. The van der Waals surface area contributed by atoms with Crippen molar-refractivity contribution in [3.05, 3.63) is 27.8 Å². The van der Waals surface area contributed by atoms with E-state index in [1.54, 1.807) is 13.8 Å². The van der Waals surface area contributed by atoms with Crippen LogP contribution in [0.4, 0.5) is 18.9 Å². The molecule has 22 heavy (non-hydrogen) atoms. The average molecular weight is 321 g/mol. The third-order valence-electron chi connectivity index (χ3n) is 2.50. The number of Topliss-reactive ketones (excluding diaryl/α,β-unsaturated/α-hetero) is 1. The minimum Gasteiger partial charge on any atom is -0.490 e. The molecule has 122 valence electrons. The zero-order chi connectivity index (χ0) is 16.9. The molecule has 0 spiro atoms. The Kier molecular flexibility index (Phi) is 5.72. The molecule has 0 aromatic heterocycles. The fraction of sp³-hybridized carbons (Fsp3) is 0.462. The Balaban J connectivity index is 3.45. The molecule has 0 radical (unpaired) electrons. The monoisotopic (exact) mass is 321 g/mol. The molecule has 0 fully saturated rings. The minimum absolute atomic E-state index is 0.0449. The fourth-order valence-corrected chi connectivity index (χ4v) is 1.63. The summed E-state index contributed by atoms with van der Waals surface area (Å²) < 4.78 is 47.8. The SMILES string of the molecule is CCCOc1c(OCC)cc(C(=O)C(F)(F)F)cc1[N+](=O)[O-]. The molecule has 0 N–H and O–H groups in total. The van der Waals surface area contributed by atoms with Crippen LogP contribution in [0, 0.1) is 10.1 Å². The van der Waals surface area contributed by atoms with Gasteiger partial charge in [-0.2, -0.15) is 13.2 Å². The molecule has 1 rings (SSSR count). The van der Waals surface area contributed by atoms with Crippen LogP contribution in [-0.4, -0.2) is 30.1 Å². The smallest absolute Gasteiger partial charge is 0.454 e. The Labute approximate surface area is 124 Å². The second-order valence-electron chi connectivity index (χ2n) is 4.19. The van der Waals surface area contributed by atoms with Gasteiger partial charge in [-0.15, -0.1) is 0 Å². The molecule has 0 bridgehead atoms. The highest BCUT2D eigenvalue weighted by molar-refractivity contribution is 6.01. The van der Waals surface area contributed by atoms with Crippen LogP contribution >= 0.6 is 0 Å². The lowest BCUT2D eigenvalue weighted by Gasteiger charge is -2.13. The largest absolute Gasteiger partial charge is 0.490 e. The fourth-order valence-electron chi connectivity index (χ4n) is 1.63. The molecule has 0 heterocycles. The molecule has 9 heteroatoms. The van der Waals surface area contributed by atoms with Gasteiger partial charge in [0.2, 0.25) is 5.75 Å². The number of hydrogen-bond donors (Lipinski definition) is 0. The first-order valence-corrected chi connectivity index (χ1v) is 6.41. The van der Waals surface area contributed by atoms with Gasteiger partial charge in [0.15, 0.2) is 5.75 Å². The minimum atomic E-state index is -5.14. The summed E-state index contributed by atoms with van der Waals surface area (Å²) in [5.41, 5.74) is -1.61. The molecule has 0 unspecified atom stereocenters. The summed E-state index contributed by atoms with van der Waals surface area (Å²) in [5.74, 6) is -2.73. The molecule has 1 aromatic rings. The van der Waals surface area contributed by atoms with Gasteiger partial charge in [0.25, 0.3) is 5.78 Å². The van der Waals surface area contributed by atoms with Crippen LogP contribution in [0.25, 0.3) is 0 Å². The molecular weight excluding hydrogens is 307 g/mol. The Hall–Kier alpha value is -2.32. The van der Waals surface area contributed by atoms with E-state index in [0.717, 1.165) is 6.07 Å². The Bertz CT molecular complexity index is 572. The number of halogens is 3. The number of nitro groups is 1. The summed E-state index contributed by atoms with van der Waals surface area (Å²) in [5, 5.41) is 11.0. The molecule has 0 aliphatic heterocycles. The summed E-state index contributed by atoms with van der Waals surface area (Å²) in [4.78, 5) is 21.4. The Morgan fingerprint density at radius 3 is 2.36 bits per heavy atom. The first-order chi connectivity index (χ1) is 10.2. The predicted octanol–water partition coefficient (Wildman–Crippen LogP) is 3.53. The molecule has 0 saturated heterocycles. The van der Waals surface area contributed by atoms with Crippen molar-refractivity contribution in [1.82, 2.24) is 0 Å². The third-order valence-corrected chi connectivity index (χ3v) is 2.50. The first-order valence-electron chi connectivity index (χ1n) is 6.41. The van der Waals surface area contributed by atoms with E-state index in [-0.39, 0.29) is 24.7 Å². The highest BCUT2D eigenvalue weighted by Crippen LogP contribution is 2.40. The Morgan fingerprint density at radius 1 is 1.27 bits per heavy atom. The lowest BCUT2D eigenvalue weighted by Crippen LogP contribution is -2.23. The number of benzene rings is 1. The zero-order valence-corrected chi connectivity index (χ0v) is 11.9. The number of carbonyl (C=O) groups is 1. The standard InChI is InChI=1S/C13H14F3NO5/c1-3-5-22-11-9(17(19)20)6-8(7-10(11)21-4-2)12(18)13(14,15)16/h6-7H,3-5H2,1-2H3. The van der Waals surface area contributed by atoms with Gasteiger partial charge in [0.05, 0.1) is 18.1 Å². The van der Waals surface area contributed by atoms with Gasteiger partial charge in [-0.05, 0) is 19.4 Å². The van der Waals surface area contributed by atoms with Crippen molar-refractivity contribution in [1.29, 1.82) is 0 Å². The lowest BCUT2D eigenvalue weighted by molar-refractivity contribution is -0.386. The summed E-state index contributed by atoms with van der Waals surface area (Å²) in [6.07, 6.45) is -4.60. The average Bonchev–Trinajstić information content (AvgIpc) is 2.43. The van der Waals surface area contributed by atoms with Gasteiger partial charge in [0.1, 0.15) is 0 Å². The van der Waals surface area contributed by atoms with Crippen LogP contribution < -0.4 is 9.47 Å². The number of alkyl halides is 3. The van der Waals surface area contributed by atoms with Gasteiger partial charge < -0.3 is 9.47 Å². The summed E-state index contributed by atoms with van der Waals surface area (Å²) in [6.45, 7) is 3.47. The maximum Gasteiger partial charge on any atom is 0.454 e. The number of carbonyl (C=O) groups excluding carboxylic acids is 1. The van der Waals surface area contributed by atoms with Crippen LogP contribution in [0.3, 0.4) is 0 Å². The summed E-state index contributed by atoms with van der Waals surface area (Å²) in [7, 11) is 0. The number of ketones is 1. The molecule has 1 aromatic carbocycles. The summed E-state index contributed by atoms with van der Waals surface area (Å²) >= 11 is 0. The predicted molar refractivity (Wildman–Crippen MR) is 70.4 cm³/mol. The van der Waals surface area contributed by atoms with Crippen LogP contribution in [-0.2, 0) is 0 Å². The van der Waals surface area contributed by atoms with Crippen molar-refractivity contribution in [2.45, 2.75) is 26.4 Å². The Morgan fingerprint density at radius 2 is 1.91 bits per heavy atom. The first kappa shape index (κ1) is 17.7. The van der Waals surface area contributed by atoms with Gasteiger partial charge in [-0.3, -0.25) is 14.9 Å². The maximum atomic E-state index is 12.5. The van der Waals surface area contributed by atoms with Crippen molar-refractivity contribution in [3.8, 4) is 11.5 Å². The highest BCUT2D eigenvalue weighted by atomic mass is 19.4. The van der Waals surface area contributed by atoms with E-state index in [1.807, 2.05) is 0 Å². The molecule has 6 nitrogen and oxygen atoms in total. The van der Waals surface area contributed by atoms with Gasteiger partial charge in [-0.25, -0.2) is 0 Å². The van der Waals surface area contributed by atoms with Crippen LogP contribution in [0.2, 0.25) is 0 Å². The normalized spacial score (nSPS) is 11.1. The van der Waals surface area contributed by atoms with Crippen LogP contribution in [0.1, 0.15) is 30.6 Å². The molecule has 0 aliphatic carbocycles. The van der Waals surface area contributed by atoms with E-state index in [9.17, 15) is 28.1 Å². The molecule has 0 atom stereocenters. The van der Waals surface area contributed by atoms with Crippen molar-refractivity contribution in [2.75, 3.05) is 13.2 Å². The van der Waals surface area contributed by atoms with Gasteiger partial charge in [-0.1, -0.05) is 6.92 Å².